The largest absolute Gasteiger partial charge is 0.508 e. The van der Waals surface area contributed by atoms with Crippen LogP contribution in [-0.2, 0) is 0 Å². The molecule has 0 fully saturated rings. The number of phenols is 1. The summed E-state index contributed by atoms with van der Waals surface area (Å²) in [4.78, 5) is 12.1. The second-order valence-corrected chi connectivity index (χ2v) is 3.72. The first kappa shape index (κ1) is 11.1. The van der Waals surface area contributed by atoms with Crippen molar-refractivity contribution in [2.24, 2.45) is 0 Å². The highest BCUT2D eigenvalue weighted by molar-refractivity contribution is 6.28. The van der Waals surface area contributed by atoms with Crippen LogP contribution in [0.3, 0.4) is 0 Å². The number of carbonyl (C=O) groups excluding carboxylic acids is 1. The second-order valence-electron chi connectivity index (χ2n) is 3.72. The van der Waals surface area contributed by atoms with E-state index < -0.39 is 0 Å². The predicted octanol–water partition coefficient (Wildman–Crippen LogP) is 3.29. The topological polar surface area (TPSA) is 37.3 Å². The standard InChI is InChI=1S/C15H12O2/c1-11(12-5-3-2-4-6-12)15(17)13-7-9-14(16)10-8-13/h2-10,16H,1H2. The lowest BCUT2D eigenvalue weighted by molar-refractivity contribution is 0.105. The molecule has 0 bridgehead atoms. The highest BCUT2D eigenvalue weighted by Gasteiger charge is 2.11. The molecule has 0 aliphatic heterocycles. The van der Waals surface area contributed by atoms with E-state index in [4.69, 9.17) is 5.11 Å². The van der Waals surface area contributed by atoms with Gasteiger partial charge in [0, 0.05) is 11.1 Å². The van der Waals surface area contributed by atoms with Gasteiger partial charge in [-0.1, -0.05) is 36.9 Å². The third kappa shape index (κ3) is 2.42. The van der Waals surface area contributed by atoms with Crippen LogP contribution in [0.25, 0.3) is 5.57 Å². The highest BCUT2D eigenvalue weighted by atomic mass is 16.3. The Labute approximate surface area is 99.8 Å². The fourth-order valence-electron chi connectivity index (χ4n) is 1.56. The van der Waals surface area contributed by atoms with Crippen LogP contribution in [0.1, 0.15) is 15.9 Å². The van der Waals surface area contributed by atoms with Crippen molar-refractivity contribution in [2.45, 2.75) is 0 Å². The molecule has 0 saturated heterocycles. The van der Waals surface area contributed by atoms with Crippen molar-refractivity contribution < 1.29 is 9.90 Å². The number of hydrogen-bond donors (Lipinski definition) is 1. The molecule has 0 radical (unpaired) electrons. The lowest BCUT2D eigenvalue weighted by Gasteiger charge is -2.05. The van der Waals surface area contributed by atoms with E-state index in [2.05, 4.69) is 6.58 Å². The normalized spacial score (nSPS) is 9.88. The second kappa shape index (κ2) is 4.66. The SMILES string of the molecule is C=C(C(=O)c1ccc(O)cc1)c1ccccc1. The number of carbonyl (C=O) groups is 1. The van der Waals surface area contributed by atoms with E-state index in [0.29, 0.717) is 11.1 Å². The number of aromatic hydroxyl groups is 1. The van der Waals surface area contributed by atoms with E-state index in [1.165, 1.54) is 12.1 Å². The molecule has 84 valence electrons. The zero-order chi connectivity index (χ0) is 12.3. The third-order valence-corrected chi connectivity index (χ3v) is 2.53. The zero-order valence-corrected chi connectivity index (χ0v) is 9.26. The Morgan fingerprint density at radius 2 is 1.47 bits per heavy atom. The molecule has 2 aromatic carbocycles. The van der Waals surface area contributed by atoms with Crippen LogP contribution in [0.5, 0.6) is 5.75 Å². The van der Waals surface area contributed by atoms with Crippen LogP contribution in [0.15, 0.2) is 61.2 Å². The van der Waals surface area contributed by atoms with E-state index in [1.807, 2.05) is 30.3 Å². The minimum atomic E-state index is -0.129. The minimum absolute atomic E-state index is 0.129. The summed E-state index contributed by atoms with van der Waals surface area (Å²) in [5, 5.41) is 9.16. The summed E-state index contributed by atoms with van der Waals surface area (Å²) in [6, 6.07) is 15.5. The molecule has 0 unspecified atom stereocenters. The van der Waals surface area contributed by atoms with Crippen molar-refractivity contribution in [1.82, 2.24) is 0 Å². The average molecular weight is 224 g/mol. The van der Waals surface area contributed by atoms with Gasteiger partial charge in [0.1, 0.15) is 5.75 Å². The van der Waals surface area contributed by atoms with E-state index in [1.54, 1.807) is 12.1 Å². The van der Waals surface area contributed by atoms with Gasteiger partial charge in [0.25, 0.3) is 0 Å². The van der Waals surface area contributed by atoms with E-state index in [-0.39, 0.29) is 11.5 Å². The van der Waals surface area contributed by atoms with Gasteiger partial charge in [-0.25, -0.2) is 0 Å². The maximum Gasteiger partial charge on any atom is 0.193 e. The van der Waals surface area contributed by atoms with Gasteiger partial charge in [-0.2, -0.15) is 0 Å². The quantitative estimate of drug-likeness (QED) is 0.641. The summed E-state index contributed by atoms with van der Waals surface area (Å²) >= 11 is 0. The summed E-state index contributed by atoms with van der Waals surface area (Å²) in [6.07, 6.45) is 0. The Balaban J connectivity index is 2.27. The fourth-order valence-corrected chi connectivity index (χ4v) is 1.56. The minimum Gasteiger partial charge on any atom is -0.508 e. The summed E-state index contributed by atoms with van der Waals surface area (Å²) in [7, 11) is 0. The Kier molecular flexibility index (Phi) is 3.06. The first-order valence-electron chi connectivity index (χ1n) is 5.26. The molecule has 17 heavy (non-hydrogen) atoms. The van der Waals surface area contributed by atoms with Crippen LogP contribution < -0.4 is 0 Å². The van der Waals surface area contributed by atoms with Gasteiger partial charge in [-0.3, -0.25) is 4.79 Å². The summed E-state index contributed by atoms with van der Waals surface area (Å²) in [5.74, 6) is 0.0167. The van der Waals surface area contributed by atoms with E-state index >= 15 is 0 Å². The fraction of sp³-hybridized carbons (Fsp3) is 0. The smallest absolute Gasteiger partial charge is 0.193 e. The Morgan fingerprint density at radius 1 is 0.882 bits per heavy atom. The van der Waals surface area contributed by atoms with Crippen LogP contribution in [-0.4, -0.2) is 10.9 Å². The number of rotatable bonds is 3. The van der Waals surface area contributed by atoms with Gasteiger partial charge in [0.2, 0.25) is 0 Å². The number of benzene rings is 2. The van der Waals surface area contributed by atoms with Gasteiger partial charge < -0.3 is 5.11 Å². The van der Waals surface area contributed by atoms with Crippen molar-refractivity contribution in [3.05, 3.63) is 72.3 Å². The van der Waals surface area contributed by atoms with Crippen molar-refractivity contribution >= 4 is 11.4 Å². The molecule has 0 aliphatic rings. The predicted molar refractivity (Wildman–Crippen MR) is 67.9 cm³/mol. The van der Waals surface area contributed by atoms with Gasteiger partial charge in [0.15, 0.2) is 5.78 Å². The van der Waals surface area contributed by atoms with Crippen molar-refractivity contribution in [1.29, 1.82) is 0 Å². The first-order valence-corrected chi connectivity index (χ1v) is 5.26. The number of phenolic OH excluding ortho intramolecular Hbond substituents is 1. The van der Waals surface area contributed by atoms with Crippen LogP contribution in [0.2, 0.25) is 0 Å². The Bertz CT molecular complexity index is 539. The summed E-state index contributed by atoms with van der Waals surface area (Å²) in [5.41, 5.74) is 1.79. The van der Waals surface area contributed by atoms with Gasteiger partial charge >= 0.3 is 0 Å². The number of Topliss-reactive ketones (excluding diaryl/α,β-unsaturated/α-hetero) is 1. The molecule has 0 aliphatic carbocycles. The molecule has 0 atom stereocenters. The highest BCUT2D eigenvalue weighted by Crippen LogP contribution is 2.19. The molecule has 2 heteroatoms. The monoisotopic (exact) mass is 224 g/mol. The molecule has 0 heterocycles. The maximum absolute atomic E-state index is 12.1. The van der Waals surface area contributed by atoms with Crippen molar-refractivity contribution in [3.63, 3.8) is 0 Å². The lowest BCUT2D eigenvalue weighted by Crippen LogP contribution is -2.01. The molecular formula is C15H12O2. The molecule has 2 nitrogen and oxygen atoms in total. The molecule has 0 aromatic heterocycles. The molecular weight excluding hydrogens is 212 g/mol. The molecule has 0 saturated carbocycles. The summed E-state index contributed by atoms with van der Waals surface area (Å²) < 4.78 is 0. The van der Waals surface area contributed by atoms with Crippen LogP contribution in [0.4, 0.5) is 0 Å². The third-order valence-electron chi connectivity index (χ3n) is 2.53. The molecule has 2 rings (SSSR count). The van der Waals surface area contributed by atoms with Crippen LogP contribution >= 0.6 is 0 Å². The van der Waals surface area contributed by atoms with Gasteiger partial charge in [0.05, 0.1) is 0 Å². The van der Waals surface area contributed by atoms with Gasteiger partial charge in [-0.05, 0) is 29.8 Å². The number of hydrogen-bond acceptors (Lipinski definition) is 2. The molecule has 2 aromatic rings. The lowest BCUT2D eigenvalue weighted by atomic mass is 9.98. The molecule has 0 amide bonds. The van der Waals surface area contributed by atoms with Gasteiger partial charge in [-0.15, -0.1) is 0 Å². The Morgan fingerprint density at radius 3 is 2.06 bits per heavy atom. The zero-order valence-electron chi connectivity index (χ0n) is 9.26. The average Bonchev–Trinajstić information content (AvgIpc) is 2.39. The molecule has 0 spiro atoms. The van der Waals surface area contributed by atoms with E-state index in [9.17, 15) is 4.79 Å². The molecule has 1 N–H and O–H groups in total. The summed E-state index contributed by atoms with van der Waals surface area (Å²) in [6.45, 7) is 3.81. The van der Waals surface area contributed by atoms with Crippen molar-refractivity contribution in [2.75, 3.05) is 0 Å². The Hall–Kier alpha value is -2.35. The number of ketones is 1. The van der Waals surface area contributed by atoms with Crippen LogP contribution in [0, 0.1) is 0 Å². The van der Waals surface area contributed by atoms with E-state index in [0.717, 1.165) is 5.56 Å². The maximum atomic E-state index is 12.1. The first-order chi connectivity index (χ1) is 8.18. The number of allylic oxidation sites excluding steroid dienone is 1. The van der Waals surface area contributed by atoms with Crippen molar-refractivity contribution in [3.8, 4) is 5.75 Å².